The van der Waals surface area contributed by atoms with E-state index in [0.29, 0.717) is 0 Å². The van der Waals surface area contributed by atoms with Crippen LogP contribution in [0.3, 0.4) is 0 Å². The molecule has 0 amide bonds. The maximum absolute atomic E-state index is 6.30. The van der Waals surface area contributed by atoms with Gasteiger partial charge in [0.15, 0.2) is 0 Å². The number of nitrogens with two attached hydrogens (primary N) is 1. The van der Waals surface area contributed by atoms with Crippen molar-refractivity contribution >= 4 is 15.9 Å². The van der Waals surface area contributed by atoms with Crippen molar-refractivity contribution in [2.24, 2.45) is 5.73 Å². The summed E-state index contributed by atoms with van der Waals surface area (Å²) >= 11 is 3.44. The third-order valence-corrected chi connectivity index (χ3v) is 3.69. The van der Waals surface area contributed by atoms with Gasteiger partial charge in [0.05, 0.1) is 7.11 Å². The summed E-state index contributed by atoms with van der Waals surface area (Å²) in [5.41, 5.74) is 9.75. The van der Waals surface area contributed by atoms with Crippen LogP contribution in [0.1, 0.15) is 22.7 Å². The van der Waals surface area contributed by atoms with Gasteiger partial charge in [-0.05, 0) is 42.7 Å². The van der Waals surface area contributed by atoms with Crippen LogP contribution in [-0.4, -0.2) is 7.11 Å². The Morgan fingerprint density at radius 2 is 1.84 bits per heavy atom. The van der Waals surface area contributed by atoms with Gasteiger partial charge in [-0.3, -0.25) is 0 Å². The molecule has 0 aliphatic heterocycles. The van der Waals surface area contributed by atoms with Crippen molar-refractivity contribution < 1.29 is 4.74 Å². The molecular weight excluding hydrogens is 302 g/mol. The van der Waals surface area contributed by atoms with Crippen LogP contribution < -0.4 is 10.5 Å². The Hall–Kier alpha value is -1.32. The van der Waals surface area contributed by atoms with Crippen molar-refractivity contribution in [1.82, 2.24) is 0 Å². The maximum atomic E-state index is 6.30. The highest BCUT2D eigenvalue weighted by Crippen LogP contribution is 2.27. The molecule has 0 spiro atoms. The van der Waals surface area contributed by atoms with E-state index in [1.807, 2.05) is 25.1 Å². The SMILES string of the molecule is COc1cc(C)ccc1C(N)Cc1ccc(Br)cc1. The van der Waals surface area contributed by atoms with Gasteiger partial charge in [0.25, 0.3) is 0 Å². The fourth-order valence-corrected chi connectivity index (χ4v) is 2.37. The Labute approximate surface area is 122 Å². The lowest BCUT2D eigenvalue weighted by Gasteiger charge is -2.16. The summed E-state index contributed by atoms with van der Waals surface area (Å²) in [6.07, 6.45) is 0.798. The van der Waals surface area contributed by atoms with E-state index in [-0.39, 0.29) is 6.04 Å². The molecule has 2 nitrogen and oxygen atoms in total. The summed E-state index contributed by atoms with van der Waals surface area (Å²) in [7, 11) is 1.69. The first-order chi connectivity index (χ1) is 9.10. The molecule has 2 rings (SSSR count). The molecule has 0 aliphatic carbocycles. The predicted molar refractivity (Wildman–Crippen MR) is 82.5 cm³/mol. The van der Waals surface area contributed by atoms with Crippen LogP contribution in [0.2, 0.25) is 0 Å². The van der Waals surface area contributed by atoms with Gasteiger partial charge in [-0.15, -0.1) is 0 Å². The van der Waals surface area contributed by atoms with Gasteiger partial charge in [-0.2, -0.15) is 0 Å². The highest BCUT2D eigenvalue weighted by Gasteiger charge is 2.12. The first-order valence-electron chi connectivity index (χ1n) is 6.24. The Kier molecular flexibility index (Phi) is 4.61. The molecule has 0 aromatic heterocycles. The van der Waals surface area contributed by atoms with Gasteiger partial charge in [-0.25, -0.2) is 0 Å². The molecule has 0 saturated heterocycles. The molecule has 2 aromatic carbocycles. The van der Waals surface area contributed by atoms with Crippen LogP contribution in [0.5, 0.6) is 5.75 Å². The largest absolute Gasteiger partial charge is 0.496 e. The van der Waals surface area contributed by atoms with Crippen LogP contribution in [0, 0.1) is 6.92 Å². The van der Waals surface area contributed by atoms with Crippen LogP contribution in [0.15, 0.2) is 46.9 Å². The van der Waals surface area contributed by atoms with Gasteiger partial charge in [0.2, 0.25) is 0 Å². The molecule has 2 N–H and O–H groups in total. The molecule has 1 unspecified atom stereocenters. The van der Waals surface area contributed by atoms with Gasteiger partial charge in [0.1, 0.15) is 5.75 Å². The van der Waals surface area contributed by atoms with Crippen molar-refractivity contribution in [2.45, 2.75) is 19.4 Å². The van der Waals surface area contributed by atoms with E-state index in [0.717, 1.165) is 22.2 Å². The van der Waals surface area contributed by atoms with Crippen molar-refractivity contribution in [3.8, 4) is 5.75 Å². The Morgan fingerprint density at radius 3 is 2.47 bits per heavy atom. The molecule has 0 heterocycles. The lowest BCUT2D eigenvalue weighted by molar-refractivity contribution is 0.405. The number of hydrogen-bond donors (Lipinski definition) is 1. The smallest absolute Gasteiger partial charge is 0.123 e. The second kappa shape index (κ2) is 6.22. The quantitative estimate of drug-likeness (QED) is 0.924. The topological polar surface area (TPSA) is 35.2 Å². The first-order valence-corrected chi connectivity index (χ1v) is 7.04. The third kappa shape index (κ3) is 3.58. The molecule has 0 fully saturated rings. The van der Waals surface area contributed by atoms with E-state index in [1.54, 1.807) is 7.11 Å². The van der Waals surface area contributed by atoms with Crippen LogP contribution in [-0.2, 0) is 6.42 Å². The summed E-state index contributed by atoms with van der Waals surface area (Å²) in [6.45, 7) is 2.05. The summed E-state index contributed by atoms with van der Waals surface area (Å²) in [5, 5.41) is 0. The molecule has 2 aromatic rings. The monoisotopic (exact) mass is 319 g/mol. The van der Waals surface area contributed by atoms with Crippen molar-refractivity contribution in [1.29, 1.82) is 0 Å². The normalized spacial score (nSPS) is 12.2. The molecule has 1 atom stereocenters. The van der Waals surface area contributed by atoms with E-state index in [1.165, 1.54) is 11.1 Å². The Morgan fingerprint density at radius 1 is 1.16 bits per heavy atom. The lowest BCUT2D eigenvalue weighted by Crippen LogP contribution is -2.14. The van der Waals surface area contributed by atoms with Gasteiger partial charge < -0.3 is 10.5 Å². The zero-order valence-electron chi connectivity index (χ0n) is 11.2. The number of rotatable bonds is 4. The van der Waals surface area contributed by atoms with Gasteiger partial charge >= 0.3 is 0 Å². The minimum atomic E-state index is -0.0586. The van der Waals surface area contributed by atoms with Crippen molar-refractivity contribution in [3.63, 3.8) is 0 Å². The van der Waals surface area contributed by atoms with E-state index < -0.39 is 0 Å². The number of methoxy groups -OCH3 is 1. The molecule has 0 saturated carbocycles. The number of ether oxygens (including phenoxy) is 1. The van der Waals surface area contributed by atoms with E-state index in [9.17, 15) is 0 Å². The average molecular weight is 320 g/mol. The van der Waals surface area contributed by atoms with Crippen molar-refractivity contribution in [2.75, 3.05) is 7.11 Å². The van der Waals surface area contributed by atoms with E-state index in [2.05, 4.69) is 40.2 Å². The maximum Gasteiger partial charge on any atom is 0.123 e. The highest BCUT2D eigenvalue weighted by atomic mass is 79.9. The van der Waals surface area contributed by atoms with E-state index in [4.69, 9.17) is 10.5 Å². The standard InChI is InChI=1S/C16H18BrNO/c1-11-3-8-14(16(9-11)19-2)15(18)10-12-4-6-13(17)7-5-12/h3-9,15H,10,18H2,1-2H3. The molecule has 19 heavy (non-hydrogen) atoms. The molecule has 3 heteroatoms. The van der Waals surface area contributed by atoms with Gasteiger partial charge in [0, 0.05) is 16.1 Å². The average Bonchev–Trinajstić information content (AvgIpc) is 2.41. The van der Waals surface area contributed by atoms with Crippen LogP contribution >= 0.6 is 15.9 Å². The summed E-state index contributed by atoms with van der Waals surface area (Å²) in [5.74, 6) is 0.865. The second-order valence-corrected chi connectivity index (χ2v) is 5.60. The molecule has 0 bridgehead atoms. The zero-order valence-corrected chi connectivity index (χ0v) is 12.8. The molecule has 0 aliphatic rings. The summed E-state index contributed by atoms with van der Waals surface area (Å²) in [6, 6.07) is 14.3. The molecular formula is C16H18BrNO. The van der Waals surface area contributed by atoms with Crippen LogP contribution in [0.4, 0.5) is 0 Å². The lowest BCUT2D eigenvalue weighted by atomic mass is 9.98. The number of aryl methyl sites for hydroxylation is 1. The predicted octanol–water partition coefficient (Wildman–Crippen LogP) is 4.01. The number of hydrogen-bond acceptors (Lipinski definition) is 2. The third-order valence-electron chi connectivity index (χ3n) is 3.16. The highest BCUT2D eigenvalue weighted by molar-refractivity contribution is 9.10. The fourth-order valence-electron chi connectivity index (χ4n) is 2.11. The summed E-state index contributed by atoms with van der Waals surface area (Å²) in [4.78, 5) is 0. The Balaban J connectivity index is 2.19. The van der Waals surface area contributed by atoms with E-state index >= 15 is 0 Å². The second-order valence-electron chi connectivity index (χ2n) is 4.68. The molecule has 0 radical (unpaired) electrons. The Bertz CT molecular complexity index is 551. The number of halogens is 1. The minimum absolute atomic E-state index is 0.0586. The fraction of sp³-hybridized carbons (Fsp3) is 0.250. The van der Waals surface area contributed by atoms with Gasteiger partial charge in [-0.1, -0.05) is 40.2 Å². The van der Waals surface area contributed by atoms with Crippen molar-refractivity contribution in [3.05, 3.63) is 63.6 Å². The zero-order chi connectivity index (χ0) is 13.8. The summed E-state index contributed by atoms with van der Waals surface area (Å²) < 4.78 is 6.50. The number of benzene rings is 2. The van der Waals surface area contributed by atoms with Crippen LogP contribution in [0.25, 0.3) is 0 Å². The first kappa shape index (κ1) is 14.1. The minimum Gasteiger partial charge on any atom is -0.496 e. The molecule has 100 valence electrons.